The van der Waals surface area contributed by atoms with E-state index in [4.69, 9.17) is 0 Å². The molecule has 0 saturated carbocycles. The van der Waals surface area contributed by atoms with Crippen molar-refractivity contribution in [3.05, 3.63) is 172 Å². The van der Waals surface area contributed by atoms with Crippen LogP contribution in [-0.2, 0) is 0 Å². The number of hydrogen-bond acceptors (Lipinski definition) is 3. The predicted octanol–water partition coefficient (Wildman–Crippen LogP) is 12.4. The number of hydrogen-bond donors (Lipinski definition) is 0. The fourth-order valence-corrected chi connectivity index (χ4v) is 7.68. The van der Waals surface area contributed by atoms with Crippen molar-refractivity contribution in [2.75, 3.05) is 9.80 Å². The molecule has 0 aliphatic carbocycles. The van der Waals surface area contributed by atoms with E-state index in [9.17, 15) is 5.26 Å². The highest BCUT2D eigenvalue weighted by Crippen LogP contribution is 2.37. The van der Waals surface area contributed by atoms with Crippen LogP contribution in [0.3, 0.4) is 0 Å². The maximum Gasteiger partial charge on any atom is 0.0991 e. The summed E-state index contributed by atoms with van der Waals surface area (Å²) in [5.74, 6) is 0. The van der Waals surface area contributed by atoms with Crippen LogP contribution in [-0.4, -0.2) is 8.07 Å². The van der Waals surface area contributed by atoms with Crippen molar-refractivity contribution in [2.24, 2.45) is 0 Å². The van der Waals surface area contributed by atoms with Gasteiger partial charge in [0.1, 0.15) is 0 Å². The summed E-state index contributed by atoms with van der Waals surface area (Å²) in [7, 11) is -1.40. The van der Waals surface area contributed by atoms with Crippen LogP contribution in [0, 0.1) is 39.0 Å². The Balaban J connectivity index is 1.27. The Kier molecular flexibility index (Phi) is 9.90. The number of aryl methyl sites for hydroxylation is 4. The molecule has 0 fully saturated rings. The third kappa shape index (κ3) is 7.97. The Morgan fingerprint density at radius 3 is 1.08 bits per heavy atom. The number of anilines is 6. The van der Waals surface area contributed by atoms with Crippen molar-refractivity contribution < 1.29 is 0 Å². The smallest absolute Gasteiger partial charge is 0.0991 e. The van der Waals surface area contributed by atoms with Crippen LogP contribution in [0.5, 0.6) is 0 Å². The largest absolute Gasteiger partial charge is 0.310 e. The number of nitrogens with zero attached hydrogens (tertiary/aromatic N) is 3. The highest BCUT2D eigenvalue weighted by atomic mass is 28.3. The highest BCUT2D eigenvalue weighted by molar-refractivity contribution is 6.88. The summed E-state index contributed by atoms with van der Waals surface area (Å²) in [6, 6.07) is 50.0. The van der Waals surface area contributed by atoms with Crippen molar-refractivity contribution in [1.29, 1.82) is 5.26 Å². The maximum absolute atomic E-state index is 9.35. The van der Waals surface area contributed by atoms with Crippen LogP contribution >= 0.6 is 0 Å². The Hall–Kier alpha value is -5.63. The van der Waals surface area contributed by atoms with Crippen LogP contribution in [0.25, 0.3) is 12.2 Å². The maximum atomic E-state index is 9.35. The lowest BCUT2D eigenvalue weighted by Crippen LogP contribution is -2.37. The first-order valence-electron chi connectivity index (χ1n) is 17.2. The molecule has 0 unspecified atom stereocenters. The van der Waals surface area contributed by atoms with Crippen LogP contribution in [0.2, 0.25) is 19.6 Å². The Labute approximate surface area is 299 Å². The van der Waals surface area contributed by atoms with Crippen LogP contribution in [0.4, 0.5) is 34.1 Å². The van der Waals surface area contributed by atoms with Gasteiger partial charge in [0.2, 0.25) is 0 Å². The lowest BCUT2D eigenvalue weighted by atomic mass is 10.1. The van der Waals surface area contributed by atoms with E-state index < -0.39 is 8.07 Å². The first-order chi connectivity index (χ1) is 24.0. The van der Waals surface area contributed by atoms with Gasteiger partial charge in [-0.3, -0.25) is 0 Å². The molecule has 6 aromatic carbocycles. The second-order valence-corrected chi connectivity index (χ2v) is 19.4. The van der Waals surface area contributed by atoms with Gasteiger partial charge >= 0.3 is 0 Å². The summed E-state index contributed by atoms with van der Waals surface area (Å²) in [5.41, 5.74) is 14.5. The molecule has 0 aromatic heterocycles. The van der Waals surface area contributed by atoms with E-state index in [1.165, 1.54) is 33.1 Å². The molecule has 0 amide bonds. The Morgan fingerprint density at radius 1 is 0.440 bits per heavy atom. The normalized spacial score (nSPS) is 11.4. The van der Waals surface area contributed by atoms with Gasteiger partial charge < -0.3 is 9.80 Å². The molecule has 3 nitrogen and oxygen atoms in total. The lowest BCUT2D eigenvalue weighted by Gasteiger charge is -2.27. The molecule has 0 aliphatic rings. The molecule has 0 N–H and O–H groups in total. The van der Waals surface area contributed by atoms with E-state index >= 15 is 0 Å². The molecular weight excluding hydrogens is 623 g/mol. The number of rotatable bonds is 9. The topological polar surface area (TPSA) is 30.3 Å². The number of nitriles is 1. The minimum absolute atomic E-state index is 0.650. The van der Waals surface area contributed by atoms with Crippen molar-refractivity contribution in [3.8, 4) is 6.07 Å². The molecule has 0 spiro atoms. The van der Waals surface area contributed by atoms with E-state index in [0.29, 0.717) is 5.56 Å². The molecule has 50 heavy (non-hydrogen) atoms. The van der Waals surface area contributed by atoms with E-state index in [0.717, 1.165) is 39.6 Å². The van der Waals surface area contributed by atoms with Crippen LogP contribution in [0.15, 0.2) is 133 Å². The van der Waals surface area contributed by atoms with E-state index in [1.807, 2.05) is 24.3 Å². The summed E-state index contributed by atoms with van der Waals surface area (Å²) in [6.07, 6.45) is 4.34. The molecule has 0 saturated heterocycles. The first kappa shape index (κ1) is 34.2. The molecule has 0 radical (unpaired) electrons. The quantitative estimate of drug-likeness (QED) is 0.114. The molecule has 0 bridgehead atoms. The first-order valence-corrected chi connectivity index (χ1v) is 20.7. The molecule has 6 rings (SSSR count). The van der Waals surface area contributed by atoms with Gasteiger partial charge in [0.05, 0.1) is 19.7 Å². The zero-order valence-electron chi connectivity index (χ0n) is 30.2. The highest BCUT2D eigenvalue weighted by Gasteiger charge is 2.18. The average molecular weight is 668 g/mol. The van der Waals surface area contributed by atoms with Crippen molar-refractivity contribution in [3.63, 3.8) is 0 Å². The monoisotopic (exact) mass is 667 g/mol. The summed E-state index contributed by atoms with van der Waals surface area (Å²) in [6.45, 7) is 15.8. The zero-order chi connectivity index (χ0) is 35.4. The molecule has 0 atom stereocenters. The Morgan fingerprint density at radius 2 is 0.760 bits per heavy atom. The SMILES string of the molecule is Cc1cc(C)cc(N(c2ccc(C#N)cc2)c2ccc(/C=C/c3ccc(N(c4ccc([Si](C)(C)C)cc4)c4cc(C)cc(C)c4)cc3)cc2)c1. The fraction of sp³-hybridized carbons (Fsp3) is 0.152. The fourth-order valence-electron chi connectivity index (χ4n) is 6.51. The van der Waals surface area contributed by atoms with E-state index in [-0.39, 0.29) is 0 Å². The van der Waals surface area contributed by atoms with Gasteiger partial charge in [-0.1, -0.05) is 85.5 Å². The zero-order valence-corrected chi connectivity index (χ0v) is 31.2. The molecule has 4 heteroatoms. The summed E-state index contributed by atoms with van der Waals surface area (Å²) in [5, 5.41) is 10.8. The molecule has 0 heterocycles. The van der Waals surface area contributed by atoms with Gasteiger partial charge in [-0.2, -0.15) is 5.26 Å². The van der Waals surface area contributed by atoms with Crippen LogP contribution < -0.4 is 15.0 Å². The minimum atomic E-state index is -1.40. The molecule has 248 valence electrons. The van der Waals surface area contributed by atoms with Gasteiger partial charge in [-0.15, -0.1) is 0 Å². The summed E-state index contributed by atoms with van der Waals surface area (Å²) >= 11 is 0. The lowest BCUT2D eigenvalue weighted by molar-refractivity contribution is 1.25. The van der Waals surface area contributed by atoms with Gasteiger partial charge in [-0.25, -0.2) is 0 Å². The van der Waals surface area contributed by atoms with Gasteiger partial charge in [0.15, 0.2) is 0 Å². The van der Waals surface area contributed by atoms with Crippen molar-refractivity contribution >= 4 is 59.5 Å². The standard InChI is InChI=1S/C46H45N3Si/c1-33-26-34(2)29-44(28-33)48(42-20-14-39(32-47)15-21-42)40-16-10-37(11-17-40)8-9-38-12-18-41(19-13-38)49(45-30-35(3)27-36(4)31-45)43-22-24-46(25-23-43)50(5,6)7/h8-31H,1-7H3/b9-8+. The minimum Gasteiger partial charge on any atom is -0.310 e. The second kappa shape index (κ2) is 14.5. The van der Waals surface area contributed by atoms with E-state index in [1.54, 1.807) is 0 Å². The van der Waals surface area contributed by atoms with Gasteiger partial charge in [-0.05, 0) is 146 Å². The van der Waals surface area contributed by atoms with Crippen molar-refractivity contribution in [1.82, 2.24) is 0 Å². The van der Waals surface area contributed by atoms with Crippen LogP contribution in [0.1, 0.15) is 38.9 Å². The number of benzene rings is 6. The molecule has 6 aromatic rings. The van der Waals surface area contributed by atoms with E-state index in [2.05, 4.69) is 185 Å². The predicted molar refractivity (Wildman–Crippen MR) is 218 cm³/mol. The van der Waals surface area contributed by atoms with Gasteiger partial charge in [0.25, 0.3) is 0 Å². The summed E-state index contributed by atoms with van der Waals surface area (Å²) < 4.78 is 0. The third-order valence-corrected chi connectivity index (χ3v) is 11.0. The molecular formula is C46H45N3Si. The van der Waals surface area contributed by atoms with Crippen molar-refractivity contribution in [2.45, 2.75) is 47.3 Å². The molecule has 0 aliphatic heterocycles. The Bertz CT molecular complexity index is 2120. The third-order valence-electron chi connectivity index (χ3n) is 8.95. The van der Waals surface area contributed by atoms with Gasteiger partial charge in [0, 0.05) is 34.1 Å². The summed E-state index contributed by atoms with van der Waals surface area (Å²) in [4.78, 5) is 4.60. The second-order valence-electron chi connectivity index (χ2n) is 14.3. The average Bonchev–Trinajstić information content (AvgIpc) is 3.08.